The smallest absolute Gasteiger partial charge is 0.0489 e. The lowest BCUT2D eigenvalue weighted by molar-refractivity contribution is 0.538. The standard InChI is InChI=1S/C15H20N2/c1-2-4-6-14-12(5-3-1)7-8-15(17-14)13-9-10-16-11-13/h1-2,4,6,9,15-17H,3,5,7-8,10-11H2/b2-1-,6-4-. The van der Waals surface area contributed by atoms with Crippen LogP contribution >= 0.6 is 0 Å². The Morgan fingerprint density at radius 1 is 1.18 bits per heavy atom. The highest BCUT2D eigenvalue weighted by atomic mass is 15.0. The molecule has 0 aromatic rings. The van der Waals surface area contributed by atoms with Crippen LogP contribution in [0.15, 0.2) is 47.2 Å². The van der Waals surface area contributed by atoms with E-state index in [9.17, 15) is 0 Å². The fraction of sp³-hybridized carbons (Fsp3) is 0.467. The van der Waals surface area contributed by atoms with E-state index in [2.05, 4.69) is 41.0 Å². The van der Waals surface area contributed by atoms with Gasteiger partial charge < -0.3 is 10.6 Å². The fourth-order valence-electron chi connectivity index (χ4n) is 2.86. The summed E-state index contributed by atoms with van der Waals surface area (Å²) in [6.45, 7) is 2.10. The Morgan fingerprint density at radius 2 is 2.18 bits per heavy atom. The molecule has 1 atom stereocenters. The van der Waals surface area contributed by atoms with Crippen LogP contribution in [-0.4, -0.2) is 19.1 Å². The van der Waals surface area contributed by atoms with E-state index in [-0.39, 0.29) is 0 Å². The van der Waals surface area contributed by atoms with Gasteiger partial charge in [-0.3, -0.25) is 0 Å². The quantitative estimate of drug-likeness (QED) is 0.674. The van der Waals surface area contributed by atoms with Crippen molar-refractivity contribution in [1.29, 1.82) is 0 Å². The van der Waals surface area contributed by atoms with Crippen LogP contribution in [0.2, 0.25) is 0 Å². The predicted octanol–water partition coefficient (Wildman–Crippen LogP) is 2.43. The first-order valence-corrected chi connectivity index (χ1v) is 6.65. The van der Waals surface area contributed by atoms with Crippen molar-refractivity contribution in [3.05, 3.63) is 47.2 Å². The minimum absolute atomic E-state index is 0.553. The molecule has 0 aromatic carbocycles. The Hall–Kier alpha value is -1.28. The van der Waals surface area contributed by atoms with Crippen molar-refractivity contribution < 1.29 is 0 Å². The van der Waals surface area contributed by atoms with E-state index in [1.807, 2.05) is 0 Å². The molecule has 3 aliphatic rings. The first-order valence-electron chi connectivity index (χ1n) is 6.65. The largest absolute Gasteiger partial charge is 0.379 e. The van der Waals surface area contributed by atoms with Crippen LogP contribution in [0.25, 0.3) is 0 Å². The van der Waals surface area contributed by atoms with Crippen molar-refractivity contribution in [3.63, 3.8) is 0 Å². The highest BCUT2D eigenvalue weighted by molar-refractivity contribution is 5.34. The maximum Gasteiger partial charge on any atom is 0.0489 e. The first kappa shape index (κ1) is 10.8. The van der Waals surface area contributed by atoms with Gasteiger partial charge >= 0.3 is 0 Å². The van der Waals surface area contributed by atoms with Crippen LogP contribution in [-0.2, 0) is 0 Å². The van der Waals surface area contributed by atoms with Crippen molar-refractivity contribution >= 4 is 0 Å². The van der Waals surface area contributed by atoms with E-state index in [0.29, 0.717) is 6.04 Å². The van der Waals surface area contributed by atoms with E-state index in [0.717, 1.165) is 13.1 Å². The molecule has 17 heavy (non-hydrogen) atoms. The molecule has 3 rings (SSSR count). The topological polar surface area (TPSA) is 24.1 Å². The normalized spacial score (nSPS) is 32.0. The third-order valence-electron chi connectivity index (χ3n) is 3.85. The molecule has 0 radical (unpaired) electrons. The molecule has 2 aliphatic heterocycles. The Morgan fingerprint density at radius 3 is 3.06 bits per heavy atom. The van der Waals surface area contributed by atoms with Gasteiger partial charge in [-0.05, 0) is 42.9 Å². The van der Waals surface area contributed by atoms with Crippen LogP contribution in [0, 0.1) is 0 Å². The summed E-state index contributed by atoms with van der Waals surface area (Å²) in [5, 5.41) is 7.10. The van der Waals surface area contributed by atoms with E-state index in [4.69, 9.17) is 0 Å². The molecule has 0 spiro atoms. The number of rotatable bonds is 1. The summed E-state index contributed by atoms with van der Waals surface area (Å²) in [5.74, 6) is 0. The summed E-state index contributed by atoms with van der Waals surface area (Å²) in [6, 6.07) is 0.553. The summed E-state index contributed by atoms with van der Waals surface area (Å²) in [4.78, 5) is 0. The Labute approximate surface area is 103 Å². The average Bonchev–Trinajstić information content (AvgIpc) is 2.83. The van der Waals surface area contributed by atoms with Crippen molar-refractivity contribution in [1.82, 2.24) is 10.6 Å². The van der Waals surface area contributed by atoms with Crippen molar-refractivity contribution in [2.24, 2.45) is 0 Å². The van der Waals surface area contributed by atoms with Crippen LogP contribution in [0.4, 0.5) is 0 Å². The minimum Gasteiger partial charge on any atom is -0.379 e. The third kappa shape index (κ3) is 2.37. The zero-order chi connectivity index (χ0) is 11.5. The molecule has 2 nitrogen and oxygen atoms in total. The molecule has 0 fully saturated rings. The molecule has 0 bridgehead atoms. The molecule has 2 heteroatoms. The van der Waals surface area contributed by atoms with Crippen LogP contribution in [0.3, 0.4) is 0 Å². The van der Waals surface area contributed by atoms with Crippen molar-refractivity contribution in [3.8, 4) is 0 Å². The Bertz CT molecular complexity index is 413. The van der Waals surface area contributed by atoms with Gasteiger partial charge in [0.1, 0.15) is 0 Å². The lowest BCUT2D eigenvalue weighted by atomic mass is 9.90. The molecule has 0 saturated carbocycles. The molecule has 2 N–H and O–H groups in total. The number of allylic oxidation sites excluding steroid dienone is 5. The van der Waals surface area contributed by atoms with Gasteiger partial charge in [0.2, 0.25) is 0 Å². The zero-order valence-corrected chi connectivity index (χ0v) is 10.2. The van der Waals surface area contributed by atoms with Crippen LogP contribution < -0.4 is 10.6 Å². The highest BCUT2D eigenvalue weighted by Crippen LogP contribution is 2.27. The number of hydrogen-bond donors (Lipinski definition) is 2. The fourth-order valence-corrected chi connectivity index (χ4v) is 2.86. The lowest BCUT2D eigenvalue weighted by Crippen LogP contribution is -2.35. The second-order valence-corrected chi connectivity index (χ2v) is 4.99. The van der Waals surface area contributed by atoms with Gasteiger partial charge in [0.25, 0.3) is 0 Å². The lowest BCUT2D eigenvalue weighted by Gasteiger charge is -2.29. The van der Waals surface area contributed by atoms with Crippen LogP contribution in [0.1, 0.15) is 25.7 Å². The van der Waals surface area contributed by atoms with Gasteiger partial charge in [0.15, 0.2) is 0 Å². The molecular weight excluding hydrogens is 208 g/mol. The molecule has 1 unspecified atom stereocenters. The molecule has 2 heterocycles. The third-order valence-corrected chi connectivity index (χ3v) is 3.85. The number of nitrogens with one attached hydrogen (secondary N) is 2. The second-order valence-electron chi connectivity index (χ2n) is 4.99. The van der Waals surface area contributed by atoms with E-state index >= 15 is 0 Å². The molecule has 0 aromatic heterocycles. The van der Waals surface area contributed by atoms with E-state index < -0.39 is 0 Å². The van der Waals surface area contributed by atoms with Gasteiger partial charge in [0.05, 0.1) is 0 Å². The number of hydrogen-bond acceptors (Lipinski definition) is 2. The van der Waals surface area contributed by atoms with E-state index in [1.165, 1.54) is 31.4 Å². The summed E-state index contributed by atoms with van der Waals surface area (Å²) >= 11 is 0. The van der Waals surface area contributed by atoms with Gasteiger partial charge in [-0.2, -0.15) is 0 Å². The average molecular weight is 228 g/mol. The molecule has 0 saturated heterocycles. The van der Waals surface area contributed by atoms with Gasteiger partial charge in [-0.1, -0.05) is 24.3 Å². The molecule has 1 aliphatic carbocycles. The predicted molar refractivity (Wildman–Crippen MR) is 71.7 cm³/mol. The maximum absolute atomic E-state index is 3.72. The van der Waals surface area contributed by atoms with Crippen LogP contribution in [0.5, 0.6) is 0 Å². The monoisotopic (exact) mass is 228 g/mol. The molecular formula is C15H20N2. The Kier molecular flexibility index (Phi) is 3.14. The summed E-state index contributed by atoms with van der Waals surface area (Å²) in [7, 11) is 0. The highest BCUT2D eigenvalue weighted by Gasteiger charge is 2.22. The second kappa shape index (κ2) is 4.92. The minimum atomic E-state index is 0.553. The van der Waals surface area contributed by atoms with Crippen molar-refractivity contribution in [2.75, 3.05) is 13.1 Å². The van der Waals surface area contributed by atoms with Gasteiger partial charge in [0, 0.05) is 24.8 Å². The van der Waals surface area contributed by atoms with E-state index in [1.54, 1.807) is 11.1 Å². The summed E-state index contributed by atoms with van der Waals surface area (Å²) in [5.41, 5.74) is 4.52. The molecule has 0 amide bonds. The van der Waals surface area contributed by atoms with Gasteiger partial charge in [-0.15, -0.1) is 0 Å². The molecule has 90 valence electrons. The zero-order valence-electron chi connectivity index (χ0n) is 10.2. The summed E-state index contributed by atoms with van der Waals surface area (Å²) < 4.78 is 0. The Balaban J connectivity index is 1.78. The summed E-state index contributed by atoms with van der Waals surface area (Å²) in [6.07, 6.45) is 16.1. The maximum atomic E-state index is 3.72. The SMILES string of the molecule is C1=C(C2CCC3=C(/C=C\C=C/CC3)N2)CNC1. The first-order chi connectivity index (χ1) is 8.43. The van der Waals surface area contributed by atoms with Crippen molar-refractivity contribution in [2.45, 2.75) is 31.7 Å². The van der Waals surface area contributed by atoms with Gasteiger partial charge in [-0.25, -0.2) is 0 Å².